The Morgan fingerprint density at radius 3 is 2.18 bits per heavy atom. The third-order valence-electron chi connectivity index (χ3n) is 5.76. The summed E-state index contributed by atoms with van der Waals surface area (Å²) in [6, 6.07) is 26.9. The van der Waals surface area contributed by atoms with Crippen LogP contribution in [-0.4, -0.2) is 20.6 Å². The molecule has 0 atom stereocenters. The summed E-state index contributed by atoms with van der Waals surface area (Å²) < 4.78 is 26.4. The first-order valence-corrected chi connectivity index (χ1v) is 13.0. The molecule has 5 nitrogen and oxygen atoms in total. The number of sulfonamides is 1. The van der Waals surface area contributed by atoms with Crippen LogP contribution in [0.4, 0.5) is 5.69 Å². The largest absolute Gasteiger partial charge is 0.348 e. The van der Waals surface area contributed by atoms with Crippen molar-refractivity contribution in [3.05, 3.63) is 113 Å². The normalized spacial score (nSPS) is 11.4. The molecule has 4 aromatic carbocycles. The number of nitrogens with zero attached hydrogens (tertiary/aromatic N) is 1. The molecule has 0 heterocycles. The Balaban J connectivity index is 1.48. The Hall–Kier alpha value is -3.64. The Morgan fingerprint density at radius 1 is 0.853 bits per heavy atom. The Labute approximate surface area is 201 Å². The van der Waals surface area contributed by atoms with Crippen molar-refractivity contribution in [1.29, 1.82) is 0 Å². The lowest BCUT2D eigenvalue weighted by Crippen LogP contribution is -2.29. The van der Waals surface area contributed by atoms with Crippen LogP contribution in [0.25, 0.3) is 10.8 Å². The minimum Gasteiger partial charge on any atom is -0.348 e. The van der Waals surface area contributed by atoms with Crippen LogP contribution in [0.5, 0.6) is 0 Å². The highest BCUT2D eigenvalue weighted by molar-refractivity contribution is 7.92. The molecule has 1 amide bonds. The van der Waals surface area contributed by atoms with Gasteiger partial charge in [-0.1, -0.05) is 60.7 Å². The van der Waals surface area contributed by atoms with E-state index in [1.807, 2.05) is 56.3 Å². The van der Waals surface area contributed by atoms with Gasteiger partial charge in [-0.15, -0.1) is 0 Å². The van der Waals surface area contributed by atoms with Gasteiger partial charge < -0.3 is 5.32 Å². The minimum atomic E-state index is -3.48. The fourth-order valence-electron chi connectivity index (χ4n) is 4.15. The summed E-state index contributed by atoms with van der Waals surface area (Å²) in [5.74, 6) is -0.172. The van der Waals surface area contributed by atoms with Gasteiger partial charge in [-0.25, -0.2) is 8.42 Å². The zero-order valence-electron chi connectivity index (χ0n) is 19.6. The number of carbonyl (C=O) groups is 1. The summed E-state index contributed by atoms with van der Waals surface area (Å²) in [5, 5.41) is 5.24. The van der Waals surface area contributed by atoms with Crippen LogP contribution in [0.15, 0.2) is 84.9 Å². The first kappa shape index (κ1) is 23.5. The highest BCUT2D eigenvalue weighted by atomic mass is 32.2. The molecule has 0 aliphatic heterocycles. The van der Waals surface area contributed by atoms with Gasteiger partial charge in [0.15, 0.2) is 0 Å². The molecule has 34 heavy (non-hydrogen) atoms. The Morgan fingerprint density at radius 2 is 1.50 bits per heavy atom. The molecule has 0 saturated carbocycles. The van der Waals surface area contributed by atoms with Crippen LogP contribution >= 0.6 is 0 Å². The SMILES string of the molecule is Cc1cc(C)cc(N(Cc2ccc(C(=O)NCc3cccc4ccccc34)cc2)S(C)(=O)=O)c1. The van der Waals surface area contributed by atoms with Crippen molar-refractivity contribution >= 4 is 32.4 Å². The molecule has 0 saturated heterocycles. The summed E-state index contributed by atoms with van der Waals surface area (Å²) in [4.78, 5) is 12.7. The van der Waals surface area contributed by atoms with Gasteiger partial charge in [0.25, 0.3) is 5.91 Å². The fourth-order valence-corrected chi connectivity index (χ4v) is 5.02. The van der Waals surface area contributed by atoms with E-state index in [4.69, 9.17) is 0 Å². The van der Waals surface area contributed by atoms with Gasteiger partial charge in [-0.2, -0.15) is 0 Å². The van der Waals surface area contributed by atoms with Crippen LogP contribution in [0.3, 0.4) is 0 Å². The highest BCUT2D eigenvalue weighted by Crippen LogP contribution is 2.24. The zero-order valence-corrected chi connectivity index (χ0v) is 20.4. The fraction of sp³-hybridized carbons (Fsp3) is 0.179. The van der Waals surface area contributed by atoms with Crippen LogP contribution in [0.1, 0.15) is 32.6 Å². The van der Waals surface area contributed by atoms with Crippen LogP contribution < -0.4 is 9.62 Å². The van der Waals surface area contributed by atoms with E-state index in [9.17, 15) is 13.2 Å². The second-order valence-electron chi connectivity index (χ2n) is 8.63. The number of fused-ring (bicyclic) bond motifs is 1. The number of amides is 1. The molecule has 4 rings (SSSR count). The summed E-state index contributed by atoms with van der Waals surface area (Å²) in [6.45, 7) is 4.52. The molecule has 0 aliphatic carbocycles. The van der Waals surface area contributed by atoms with Crippen molar-refractivity contribution in [3.8, 4) is 0 Å². The van der Waals surface area contributed by atoms with E-state index in [0.717, 1.165) is 33.0 Å². The van der Waals surface area contributed by atoms with E-state index in [-0.39, 0.29) is 12.5 Å². The van der Waals surface area contributed by atoms with Crippen molar-refractivity contribution < 1.29 is 13.2 Å². The monoisotopic (exact) mass is 472 g/mol. The topological polar surface area (TPSA) is 66.5 Å². The molecule has 0 radical (unpaired) electrons. The number of aryl methyl sites for hydroxylation is 2. The van der Waals surface area contributed by atoms with Crippen LogP contribution in [-0.2, 0) is 23.1 Å². The second-order valence-corrected chi connectivity index (χ2v) is 10.5. The van der Waals surface area contributed by atoms with Crippen molar-refractivity contribution in [2.45, 2.75) is 26.9 Å². The number of nitrogens with one attached hydrogen (secondary N) is 1. The number of rotatable bonds is 7. The van der Waals surface area contributed by atoms with E-state index in [0.29, 0.717) is 17.8 Å². The molecule has 0 aliphatic rings. The number of hydrogen-bond donors (Lipinski definition) is 1. The molecule has 174 valence electrons. The van der Waals surface area contributed by atoms with Gasteiger partial charge in [0.05, 0.1) is 18.5 Å². The molecule has 1 N–H and O–H groups in total. The van der Waals surface area contributed by atoms with E-state index >= 15 is 0 Å². The standard InChI is InChI=1S/C28H28N2O3S/c1-20-15-21(2)17-26(16-20)30(34(3,32)33)19-22-11-13-24(14-12-22)28(31)29-18-25-9-6-8-23-7-4-5-10-27(23)25/h4-17H,18-19H2,1-3H3,(H,29,31). The Bertz CT molecular complexity index is 1420. The number of carbonyl (C=O) groups excluding carboxylic acids is 1. The average Bonchev–Trinajstić information content (AvgIpc) is 2.80. The van der Waals surface area contributed by atoms with E-state index in [2.05, 4.69) is 23.5 Å². The maximum atomic E-state index is 12.7. The second kappa shape index (κ2) is 9.69. The van der Waals surface area contributed by atoms with Crippen LogP contribution in [0, 0.1) is 13.8 Å². The first-order valence-electron chi connectivity index (χ1n) is 11.1. The molecule has 0 bridgehead atoms. The quantitative estimate of drug-likeness (QED) is 0.394. The van der Waals surface area contributed by atoms with Gasteiger partial charge in [0.1, 0.15) is 0 Å². The molecule has 6 heteroatoms. The lowest BCUT2D eigenvalue weighted by atomic mass is 10.0. The van der Waals surface area contributed by atoms with Gasteiger partial charge in [-0.3, -0.25) is 9.10 Å². The van der Waals surface area contributed by atoms with Gasteiger partial charge in [0.2, 0.25) is 10.0 Å². The lowest BCUT2D eigenvalue weighted by molar-refractivity contribution is 0.0951. The minimum absolute atomic E-state index is 0.172. The summed E-state index contributed by atoms with van der Waals surface area (Å²) in [6.07, 6.45) is 1.21. The maximum absolute atomic E-state index is 12.7. The average molecular weight is 473 g/mol. The van der Waals surface area contributed by atoms with Crippen molar-refractivity contribution in [3.63, 3.8) is 0 Å². The third kappa shape index (κ3) is 5.46. The molecule has 0 unspecified atom stereocenters. The molecular formula is C28H28N2O3S. The molecule has 0 spiro atoms. The van der Waals surface area contributed by atoms with Crippen molar-refractivity contribution in [1.82, 2.24) is 5.32 Å². The summed E-state index contributed by atoms with van der Waals surface area (Å²) in [7, 11) is -3.48. The zero-order chi connectivity index (χ0) is 24.3. The first-order chi connectivity index (χ1) is 16.2. The van der Waals surface area contributed by atoms with Gasteiger partial charge in [-0.05, 0) is 71.1 Å². The lowest BCUT2D eigenvalue weighted by Gasteiger charge is -2.23. The molecule has 0 aromatic heterocycles. The van der Waals surface area contributed by atoms with E-state index in [1.165, 1.54) is 10.6 Å². The van der Waals surface area contributed by atoms with E-state index < -0.39 is 10.0 Å². The third-order valence-corrected chi connectivity index (χ3v) is 6.90. The highest BCUT2D eigenvalue weighted by Gasteiger charge is 2.19. The Kier molecular flexibility index (Phi) is 6.70. The molecule has 4 aromatic rings. The smallest absolute Gasteiger partial charge is 0.251 e. The number of anilines is 1. The maximum Gasteiger partial charge on any atom is 0.251 e. The van der Waals surface area contributed by atoms with Crippen LogP contribution in [0.2, 0.25) is 0 Å². The molecule has 0 fully saturated rings. The summed E-state index contributed by atoms with van der Waals surface area (Å²) >= 11 is 0. The number of benzene rings is 4. The molecular weight excluding hydrogens is 444 g/mol. The predicted molar refractivity (Wildman–Crippen MR) is 139 cm³/mol. The summed E-state index contributed by atoms with van der Waals surface area (Å²) in [5.41, 5.74) is 5.03. The number of hydrogen-bond acceptors (Lipinski definition) is 3. The predicted octanol–water partition coefficient (Wildman–Crippen LogP) is 5.35. The van der Waals surface area contributed by atoms with Gasteiger partial charge >= 0.3 is 0 Å². The van der Waals surface area contributed by atoms with E-state index in [1.54, 1.807) is 24.3 Å². The van der Waals surface area contributed by atoms with Crippen molar-refractivity contribution in [2.24, 2.45) is 0 Å². The van der Waals surface area contributed by atoms with Gasteiger partial charge in [0, 0.05) is 12.1 Å². The van der Waals surface area contributed by atoms with Crippen molar-refractivity contribution in [2.75, 3.05) is 10.6 Å².